The summed E-state index contributed by atoms with van der Waals surface area (Å²) in [7, 11) is 0. The van der Waals surface area contributed by atoms with E-state index in [9.17, 15) is 9.59 Å². The van der Waals surface area contributed by atoms with Gasteiger partial charge in [-0.1, -0.05) is 121 Å². The van der Waals surface area contributed by atoms with Gasteiger partial charge in [-0.2, -0.15) is 0 Å². The van der Waals surface area contributed by atoms with Crippen LogP contribution in [0.5, 0.6) is 0 Å². The van der Waals surface area contributed by atoms with Crippen LogP contribution >= 0.6 is 63.7 Å². The smallest absolute Gasteiger partial charge is 0.340 e. The molecule has 2 atom stereocenters. The van der Waals surface area contributed by atoms with E-state index in [1.807, 2.05) is 121 Å². The van der Waals surface area contributed by atoms with E-state index >= 15 is 0 Å². The van der Waals surface area contributed by atoms with Gasteiger partial charge in [0.05, 0.1) is 11.1 Å². The van der Waals surface area contributed by atoms with Gasteiger partial charge >= 0.3 is 11.9 Å². The topological polar surface area (TPSA) is 52.6 Å². The molecule has 0 aliphatic heterocycles. The summed E-state index contributed by atoms with van der Waals surface area (Å²) in [6.45, 7) is 0. The lowest BCUT2D eigenvalue weighted by Gasteiger charge is -2.23. The average molecular weight is 842 g/mol. The molecule has 0 amide bonds. The van der Waals surface area contributed by atoms with Gasteiger partial charge in [0.2, 0.25) is 0 Å². The Bertz CT molecular complexity index is 1600. The number of benzene rings is 5. The van der Waals surface area contributed by atoms with Crippen molar-refractivity contribution < 1.29 is 19.1 Å². The highest BCUT2D eigenvalue weighted by atomic mass is 79.9. The van der Waals surface area contributed by atoms with E-state index in [0.29, 0.717) is 30.7 Å². The highest BCUT2D eigenvalue weighted by Crippen LogP contribution is 2.44. The van der Waals surface area contributed by atoms with Crippen molar-refractivity contribution in [1.82, 2.24) is 0 Å². The van der Waals surface area contributed by atoms with Crippen molar-refractivity contribution in [2.75, 3.05) is 0 Å². The summed E-state index contributed by atoms with van der Waals surface area (Å²) in [5, 5.41) is 0. The molecule has 2 unspecified atom stereocenters. The van der Waals surface area contributed by atoms with Crippen LogP contribution in [0.3, 0.4) is 0 Å². The molecule has 0 aromatic heterocycles. The van der Waals surface area contributed by atoms with Crippen LogP contribution in [0.1, 0.15) is 55.2 Å². The zero-order valence-electron chi connectivity index (χ0n) is 23.3. The second kappa shape index (κ2) is 15.3. The molecule has 44 heavy (non-hydrogen) atoms. The zero-order valence-corrected chi connectivity index (χ0v) is 29.6. The molecule has 0 heterocycles. The Morgan fingerprint density at radius 3 is 1.07 bits per heavy atom. The SMILES string of the molecule is O=C(OC(Cc1ccccc1)c1ccccc1)c1c(Br)c(Br)c(Br)c(Br)c1C(=O)OC(Cc1ccccc1)c1ccccc1. The predicted molar refractivity (Wildman–Crippen MR) is 187 cm³/mol. The van der Waals surface area contributed by atoms with Crippen molar-refractivity contribution in [3.63, 3.8) is 0 Å². The quantitative estimate of drug-likeness (QED) is 0.0798. The maximum atomic E-state index is 14.1. The first-order chi connectivity index (χ1) is 21.3. The van der Waals surface area contributed by atoms with E-state index in [1.165, 1.54) is 0 Å². The first-order valence-corrected chi connectivity index (χ1v) is 17.0. The Morgan fingerprint density at radius 2 is 0.750 bits per heavy atom. The van der Waals surface area contributed by atoms with Crippen LogP contribution in [0.4, 0.5) is 0 Å². The summed E-state index contributed by atoms with van der Waals surface area (Å²) < 4.78 is 14.2. The highest BCUT2D eigenvalue weighted by Gasteiger charge is 2.33. The number of ether oxygens (including phenoxy) is 2. The van der Waals surface area contributed by atoms with Gasteiger partial charge in [-0.15, -0.1) is 0 Å². The molecule has 0 fully saturated rings. The van der Waals surface area contributed by atoms with Gasteiger partial charge in [0, 0.05) is 30.7 Å². The van der Waals surface area contributed by atoms with Crippen molar-refractivity contribution in [2.45, 2.75) is 25.0 Å². The first-order valence-electron chi connectivity index (χ1n) is 13.8. The molecule has 5 rings (SSSR count). The van der Waals surface area contributed by atoms with E-state index in [4.69, 9.17) is 9.47 Å². The maximum absolute atomic E-state index is 14.1. The lowest BCUT2D eigenvalue weighted by Crippen LogP contribution is -2.21. The van der Waals surface area contributed by atoms with Gasteiger partial charge < -0.3 is 9.47 Å². The molecule has 5 aromatic carbocycles. The van der Waals surface area contributed by atoms with Crippen LogP contribution in [-0.4, -0.2) is 11.9 Å². The molecular formula is C36H26Br4O4. The third kappa shape index (κ3) is 7.78. The Hall–Kier alpha value is -3.04. The lowest BCUT2D eigenvalue weighted by molar-refractivity contribution is 0.0246. The fourth-order valence-corrected chi connectivity index (χ4v) is 7.28. The van der Waals surface area contributed by atoms with Crippen LogP contribution in [0.2, 0.25) is 0 Å². The zero-order chi connectivity index (χ0) is 31.1. The monoisotopic (exact) mass is 838 g/mol. The van der Waals surface area contributed by atoms with Gasteiger partial charge in [0.1, 0.15) is 12.2 Å². The molecule has 0 bridgehead atoms. The molecule has 0 saturated heterocycles. The summed E-state index contributed by atoms with van der Waals surface area (Å²) in [5.74, 6) is -1.33. The Balaban J connectivity index is 1.52. The largest absolute Gasteiger partial charge is 0.453 e. The third-order valence-electron chi connectivity index (χ3n) is 7.04. The van der Waals surface area contributed by atoms with Crippen molar-refractivity contribution in [2.24, 2.45) is 0 Å². The average Bonchev–Trinajstić information content (AvgIpc) is 3.06. The first kappa shape index (κ1) is 32.4. The van der Waals surface area contributed by atoms with Gasteiger partial charge in [-0.05, 0) is 86.0 Å². The molecule has 0 N–H and O–H groups in total. The van der Waals surface area contributed by atoms with Crippen LogP contribution in [0, 0.1) is 0 Å². The summed E-state index contributed by atoms with van der Waals surface area (Å²) >= 11 is 14.2. The number of carbonyl (C=O) groups excluding carboxylic acids is 2. The molecular weight excluding hydrogens is 816 g/mol. The van der Waals surface area contributed by atoms with Crippen LogP contribution in [0.15, 0.2) is 139 Å². The van der Waals surface area contributed by atoms with E-state index < -0.39 is 24.1 Å². The standard InChI is InChI=1S/C36H26Br4O4/c37-31-29(35(41)43-27(25-17-9-3-10-18-25)21-23-13-5-1-6-14-23)30(32(38)34(40)33(31)39)36(42)44-28(26-19-11-4-12-20-26)22-24-15-7-2-8-16-24/h1-20,27-28H,21-22H2. The highest BCUT2D eigenvalue weighted by molar-refractivity contribution is 9.15. The second-order valence-corrected chi connectivity index (χ2v) is 13.2. The maximum Gasteiger partial charge on any atom is 0.340 e. The molecule has 5 aromatic rings. The van der Waals surface area contributed by atoms with Gasteiger partial charge in [-0.25, -0.2) is 9.59 Å². The Labute approximate surface area is 290 Å². The summed E-state index contributed by atoms with van der Waals surface area (Å²) in [6, 6.07) is 38.8. The van der Waals surface area contributed by atoms with Gasteiger partial charge in [-0.3, -0.25) is 0 Å². The van der Waals surface area contributed by atoms with E-state index in [-0.39, 0.29) is 11.1 Å². The van der Waals surface area contributed by atoms with Crippen LogP contribution in [0.25, 0.3) is 0 Å². The Morgan fingerprint density at radius 1 is 0.455 bits per heavy atom. The van der Waals surface area contributed by atoms with Gasteiger partial charge in [0.25, 0.3) is 0 Å². The lowest BCUT2D eigenvalue weighted by atomic mass is 10.0. The minimum atomic E-state index is -0.665. The van der Waals surface area contributed by atoms with Crippen molar-refractivity contribution >= 4 is 75.7 Å². The second-order valence-electron chi connectivity index (χ2n) is 9.99. The fourth-order valence-electron chi connectivity index (χ4n) is 4.84. The fraction of sp³-hybridized carbons (Fsp3) is 0.111. The van der Waals surface area contributed by atoms with Gasteiger partial charge in [0.15, 0.2) is 0 Å². The molecule has 0 aliphatic rings. The molecule has 0 aliphatic carbocycles. The van der Waals surface area contributed by atoms with Crippen LogP contribution < -0.4 is 0 Å². The molecule has 0 radical (unpaired) electrons. The predicted octanol–water partition coefficient (Wildman–Crippen LogP) is 11.0. The number of hydrogen-bond donors (Lipinski definition) is 0. The molecule has 8 heteroatoms. The minimum absolute atomic E-state index is 0.0532. The minimum Gasteiger partial charge on any atom is -0.453 e. The third-order valence-corrected chi connectivity index (χ3v) is 11.8. The number of hydrogen-bond acceptors (Lipinski definition) is 4. The molecule has 4 nitrogen and oxygen atoms in total. The summed E-state index contributed by atoms with van der Waals surface area (Å²) in [6.07, 6.45) is -0.281. The van der Waals surface area contributed by atoms with Crippen molar-refractivity contribution in [3.05, 3.63) is 173 Å². The summed E-state index contributed by atoms with van der Waals surface area (Å²) in [5.41, 5.74) is 3.81. The number of halogens is 4. The van der Waals surface area contributed by atoms with E-state index in [0.717, 1.165) is 22.3 Å². The number of carbonyl (C=O) groups is 2. The normalized spacial score (nSPS) is 12.3. The van der Waals surface area contributed by atoms with E-state index in [2.05, 4.69) is 63.7 Å². The molecule has 0 saturated carbocycles. The van der Waals surface area contributed by atoms with Crippen LogP contribution in [-0.2, 0) is 22.3 Å². The molecule has 222 valence electrons. The number of rotatable bonds is 10. The van der Waals surface area contributed by atoms with Crippen molar-refractivity contribution in [3.8, 4) is 0 Å². The van der Waals surface area contributed by atoms with E-state index in [1.54, 1.807) is 0 Å². The summed E-state index contributed by atoms with van der Waals surface area (Å²) in [4.78, 5) is 28.2. The Kier molecular flexibility index (Phi) is 11.3. The molecule has 0 spiro atoms. The van der Waals surface area contributed by atoms with Crippen molar-refractivity contribution in [1.29, 1.82) is 0 Å². The number of esters is 2.